The number of nitrogens with zero attached hydrogens (tertiary/aromatic N) is 1. The normalized spacial score (nSPS) is 10.2. The minimum atomic E-state index is -1.10. The molecular weight excluding hydrogens is 481 g/mol. The van der Waals surface area contributed by atoms with E-state index >= 15 is 0 Å². The number of nitrogens with two attached hydrogens (primary N) is 1. The van der Waals surface area contributed by atoms with Crippen molar-refractivity contribution in [3.63, 3.8) is 0 Å². The second kappa shape index (κ2) is 33.4. The van der Waals surface area contributed by atoms with Gasteiger partial charge in [0.25, 0.3) is 0 Å². The fourth-order valence-electron chi connectivity index (χ4n) is 4.03. The van der Waals surface area contributed by atoms with E-state index in [1.807, 2.05) is 4.90 Å². The van der Waals surface area contributed by atoms with Crippen molar-refractivity contribution in [2.24, 2.45) is 5.73 Å². The zero-order valence-corrected chi connectivity index (χ0v) is 26.3. The van der Waals surface area contributed by atoms with Crippen LogP contribution in [0, 0.1) is 0 Å². The summed E-state index contributed by atoms with van der Waals surface area (Å²) in [5.41, 5.74) is 5.60. The zero-order valence-electron chi connectivity index (χ0n) is 24.3. The molecule has 0 heterocycles. The van der Waals surface area contributed by atoms with Gasteiger partial charge in [0.05, 0.1) is 5.97 Å². The monoisotopic (exact) mass is 536 g/mol. The van der Waals surface area contributed by atoms with Gasteiger partial charge in [0.1, 0.15) is 0 Å². The van der Waals surface area contributed by atoms with Gasteiger partial charge in [-0.25, -0.2) is 0 Å². The summed E-state index contributed by atoms with van der Waals surface area (Å²) < 4.78 is 0. The third-order valence-electron chi connectivity index (χ3n) is 6.03. The van der Waals surface area contributed by atoms with Gasteiger partial charge in [-0.05, 0) is 39.3 Å². The number of hydrogen-bond acceptors (Lipinski definition) is 7. The van der Waals surface area contributed by atoms with Crippen molar-refractivity contribution in [1.82, 2.24) is 10.2 Å². The molecule has 0 aliphatic carbocycles. The summed E-state index contributed by atoms with van der Waals surface area (Å²) in [6.45, 7) is 5.58. The number of unbranched alkanes of at least 4 members (excludes halogenated alkanes) is 14. The Bertz CT molecular complexity index is 520. The summed E-state index contributed by atoms with van der Waals surface area (Å²) in [7, 11) is 0. The predicted octanol–water partition coefficient (Wildman–Crippen LogP) is -0.0849. The number of carbonyl (C=O) groups is 3. The molecule has 0 atom stereocenters. The van der Waals surface area contributed by atoms with Crippen LogP contribution in [-0.2, 0) is 14.4 Å². The molecule has 0 bridgehead atoms. The van der Waals surface area contributed by atoms with Crippen LogP contribution >= 0.6 is 0 Å². The minimum Gasteiger partial charge on any atom is -0.550 e. The molecule has 0 aliphatic rings. The van der Waals surface area contributed by atoms with Crippen LogP contribution in [-0.4, -0.2) is 55.5 Å². The summed E-state index contributed by atoms with van der Waals surface area (Å²) in [4.78, 5) is 33.7. The van der Waals surface area contributed by atoms with Crippen molar-refractivity contribution >= 4 is 17.8 Å². The fourth-order valence-corrected chi connectivity index (χ4v) is 4.03. The van der Waals surface area contributed by atoms with Crippen LogP contribution < -0.4 is 50.8 Å². The quantitative estimate of drug-likeness (QED) is 0.123. The van der Waals surface area contributed by atoms with Gasteiger partial charge in [-0.2, -0.15) is 0 Å². The van der Waals surface area contributed by atoms with E-state index in [1.165, 1.54) is 83.5 Å². The first-order valence-corrected chi connectivity index (χ1v) is 14.4. The zero-order chi connectivity index (χ0) is 27.3. The van der Waals surface area contributed by atoms with E-state index in [2.05, 4.69) is 12.2 Å². The van der Waals surface area contributed by atoms with Gasteiger partial charge >= 0.3 is 29.6 Å². The van der Waals surface area contributed by atoms with E-state index in [1.54, 1.807) is 0 Å². The van der Waals surface area contributed by atoms with Gasteiger partial charge in [0.15, 0.2) is 0 Å². The average Bonchev–Trinajstić information content (AvgIpc) is 2.82. The molecule has 0 saturated carbocycles. The Morgan fingerprint density at radius 1 is 0.703 bits per heavy atom. The largest absolute Gasteiger partial charge is 1.00 e. The summed E-state index contributed by atoms with van der Waals surface area (Å²) in [6.07, 6.45) is 22.0. The Morgan fingerprint density at radius 3 is 1.51 bits per heavy atom. The molecule has 1 amide bonds. The molecule has 8 nitrogen and oxygen atoms in total. The van der Waals surface area contributed by atoms with E-state index in [9.17, 15) is 14.7 Å². The molecule has 0 saturated heterocycles. The van der Waals surface area contributed by atoms with Crippen LogP contribution in [0.15, 0.2) is 0 Å². The van der Waals surface area contributed by atoms with Gasteiger partial charge in [0, 0.05) is 32.0 Å². The summed E-state index contributed by atoms with van der Waals surface area (Å²) >= 11 is 0. The molecule has 0 aromatic rings. The Labute approximate surface area is 249 Å². The van der Waals surface area contributed by atoms with Gasteiger partial charge in [-0.3, -0.25) is 4.79 Å². The van der Waals surface area contributed by atoms with Crippen LogP contribution in [0.4, 0.5) is 0 Å². The molecule has 0 aromatic carbocycles. The fraction of sp³-hybridized carbons (Fsp3) is 0.893. The smallest absolute Gasteiger partial charge is 0.550 e. The average molecular weight is 537 g/mol. The maximum Gasteiger partial charge on any atom is 1.00 e. The molecule has 0 fully saturated rings. The second-order valence-corrected chi connectivity index (χ2v) is 9.62. The van der Waals surface area contributed by atoms with Crippen molar-refractivity contribution in [2.75, 3.05) is 32.7 Å². The Balaban J connectivity index is -0.00000214. The van der Waals surface area contributed by atoms with Crippen LogP contribution in [0.2, 0.25) is 0 Å². The number of carboxylic acid groups (broad SMARTS) is 2. The maximum absolute atomic E-state index is 12.5. The molecule has 37 heavy (non-hydrogen) atoms. The van der Waals surface area contributed by atoms with E-state index in [0.29, 0.717) is 32.6 Å². The molecule has 214 valence electrons. The SMILES string of the molecule is CC(=O)[O-].CCCCCCCCCCCCCCCCCC(=O)N(CCCN)CCCNCC(=O)[O-].[Na+]. The molecule has 0 aliphatic heterocycles. The van der Waals surface area contributed by atoms with Gasteiger partial charge in [0.2, 0.25) is 5.91 Å². The summed E-state index contributed by atoms with van der Waals surface area (Å²) in [5, 5.41) is 22.1. The molecule has 0 aromatic heterocycles. The van der Waals surface area contributed by atoms with Crippen molar-refractivity contribution in [3.8, 4) is 0 Å². The number of aliphatic carboxylic acids is 2. The first-order chi connectivity index (χ1) is 17.3. The Hall–Kier alpha value is -0.670. The van der Waals surface area contributed by atoms with Crippen LogP contribution in [0.25, 0.3) is 0 Å². The van der Waals surface area contributed by atoms with Crippen LogP contribution in [0.5, 0.6) is 0 Å². The summed E-state index contributed by atoms with van der Waals surface area (Å²) in [5.74, 6) is -1.98. The van der Waals surface area contributed by atoms with Gasteiger partial charge < -0.3 is 35.8 Å². The number of nitrogens with one attached hydrogen (secondary N) is 1. The molecule has 0 spiro atoms. The Morgan fingerprint density at radius 2 is 1.11 bits per heavy atom. The van der Waals surface area contributed by atoms with Crippen LogP contribution in [0.1, 0.15) is 129 Å². The number of carbonyl (C=O) groups excluding carboxylic acids is 3. The summed E-state index contributed by atoms with van der Waals surface area (Å²) in [6, 6.07) is 0. The first-order valence-electron chi connectivity index (χ1n) is 14.4. The van der Waals surface area contributed by atoms with Crippen LogP contribution in [0.3, 0.4) is 0 Å². The topological polar surface area (TPSA) is 139 Å². The Kier molecular flexibility index (Phi) is 36.8. The molecule has 0 unspecified atom stereocenters. The number of carboxylic acids is 2. The van der Waals surface area contributed by atoms with E-state index in [0.717, 1.165) is 32.6 Å². The molecule has 9 heteroatoms. The van der Waals surface area contributed by atoms with Crippen molar-refractivity contribution < 1.29 is 54.2 Å². The molecular formula is C28H55N3NaO5-. The number of hydrogen-bond donors (Lipinski definition) is 2. The predicted molar refractivity (Wildman–Crippen MR) is 143 cm³/mol. The molecule has 0 radical (unpaired) electrons. The van der Waals surface area contributed by atoms with E-state index in [4.69, 9.17) is 15.6 Å². The number of amides is 1. The molecule has 0 rings (SSSR count). The van der Waals surface area contributed by atoms with E-state index in [-0.39, 0.29) is 42.0 Å². The third-order valence-corrected chi connectivity index (χ3v) is 6.03. The first kappa shape index (κ1) is 40.8. The van der Waals surface area contributed by atoms with Crippen molar-refractivity contribution in [3.05, 3.63) is 0 Å². The van der Waals surface area contributed by atoms with E-state index < -0.39 is 11.9 Å². The minimum absolute atomic E-state index is 0. The third kappa shape index (κ3) is 37.5. The molecule has 3 N–H and O–H groups in total. The van der Waals surface area contributed by atoms with Crippen molar-refractivity contribution in [2.45, 2.75) is 129 Å². The van der Waals surface area contributed by atoms with Gasteiger partial charge in [-0.1, -0.05) is 96.8 Å². The number of rotatable bonds is 25. The standard InChI is InChI=1S/C26H53N3O3.C2H4O2.Na/c1-2-3-4-5-6-7-8-9-10-11-12-13-14-15-16-19-25(30)29(22-17-20-27)23-18-21-28-24-26(31)32;1-2(3)4;/h28H,2-24,27H2,1H3,(H,31,32);1H3,(H,3,4);/q;;+1/p-2. The maximum atomic E-state index is 12.5. The van der Waals surface area contributed by atoms with Crippen molar-refractivity contribution in [1.29, 1.82) is 0 Å². The van der Waals surface area contributed by atoms with Gasteiger partial charge in [-0.15, -0.1) is 0 Å². The second-order valence-electron chi connectivity index (χ2n) is 9.62.